The molecule has 0 aliphatic carbocycles. The van der Waals surface area contributed by atoms with Gasteiger partial charge in [0.1, 0.15) is 0 Å². The van der Waals surface area contributed by atoms with Crippen LogP contribution in [0, 0.1) is 0 Å². The molecule has 2 aromatic heterocycles. The van der Waals surface area contributed by atoms with E-state index in [4.69, 9.17) is 0 Å². The fourth-order valence-corrected chi connectivity index (χ4v) is 5.10. The maximum Gasteiger partial charge on any atom is 0.197 e. The third-order valence-corrected chi connectivity index (χ3v) is 7.27. The van der Waals surface area contributed by atoms with Crippen molar-refractivity contribution >= 4 is 43.6 Å². The van der Waals surface area contributed by atoms with Gasteiger partial charge in [0.15, 0.2) is 10.9 Å². The number of H-pyrrole nitrogens is 2. The molecule has 0 aliphatic rings. The Hall–Kier alpha value is -3.44. The van der Waals surface area contributed by atoms with Crippen LogP contribution in [0.5, 0.6) is 0 Å². The van der Waals surface area contributed by atoms with E-state index in [0.717, 1.165) is 29.7 Å². The molecule has 5 nitrogen and oxygen atoms in total. The number of unbranched alkanes of at least 4 members (excludes halogenated alkanes) is 2. The Morgan fingerprint density at radius 2 is 1.23 bits per heavy atom. The van der Waals surface area contributed by atoms with Crippen molar-refractivity contribution in [2.45, 2.75) is 52.5 Å². The molecule has 0 bridgehead atoms. The first-order valence-electron chi connectivity index (χ1n) is 12.8. The zero-order valence-corrected chi connectivity index (χ0v) is 20.8. The lowest BCUT2D eigenvalue weighted by atomic mass is 10.0. The first-order chi connectivity index (χ1) is 17.0. The average Bonchev–Trinajstić information content (AvgIpc) is 2.88. The maximum absolute atomic E-state index is 13.6. The lowest BCUT2D eigenvalue weighted by Crippen LogP contribution is -2.29. The van der Waals surface area contributed by atoms with Gasteiger partial charge in [-0.15, -0.1) is 0 Å². The fraction of sp³-hybridized carbons (Fsp3) is 0.333. The number of nitrogens with one attached hydrogen (secondary N) is 2. The minimum absolute atomic E-state index is 0.00706. The highest BCUT2D eigenvalue weighted by Gasteiger charge is 2.17. The van der Waals surface area contributed by atoms with Crippen LogP contribution in [0.1, 0.15) is 58.1 Å². The summed E-state index contributed by atoms with van der Waals surface area (Å²) in [6.07, 6.45) is 4.69. The topological polar surface area (TPSA) is 69.0 Å². The Morgan fingerprint density at radius 1 is 0.686 bits per heavy atom. The van der Waals surface area contributed by atoms with E-state index >= 15 is 0 Å². The molecule has 5 heteroatoms. The summed E-state index contributed by atoms with van der Waals surface area (Å²) >= 11 is 0. The standard InChI is InChI=1S/C30H33N3O2/c1-4-6-14-33(15-7-5-2)19(3)20-12-13-26-22(16-20)30(35)24-18-27-23(17-28(24)32-26)29(34)21-10-8-9-11-25(21)31-27/h8-13,16-19H,4-7,14-15H2,1-3H3,(H,31,34)(H,32,35). The summed E-state index contributed by atoms with van der Waals surface area (Å²) in [6, 6.07) is 17.5. The van der Waals surface area contributed by atoms with E-state index in [1.165, 1.54) is 25.7 Å². The van der Waals surface area contributed by atoms with Crippen molar-refractivity contribution in [3.8, 4) is 0 Å². The Bertz CT molecular complexity index is 1640. The van der Waals surface area contributed by atoms with E-state index in [1.54, 1.807) is 0 Å². The monoisotopic (exact) mass is 467 g/mol. The quantitative estimate of drug-likeness (QED) is 0.251. The number of hydrogen-bond donors (Lipinski definition) is 2. The molecule has 2 N–H and O–H groups in total. The Labute approximate surface area is 204 Å². The molecule has 0 radical (unpaired) electrons. The van der Waals surface area contributed by atoms with Gasteiger partial charge in [-0.3, -0.25) is 14.5 Å². The van der Waals surface area contributed by atoms with Crippen molar-refractivity contribution in [3.63, 3.8) is 0 Å². The summed E-state index contributed by atoms with van der Waals surface area (Å²) < 4.78 is 0. The highest BCUT2D eigenvalue weighted by molar-refractivity contribution is 6.02. The van der Waals surface area contributed by atoms with Crippen LogP contribution in [0.3, 0.4) is 0 Å². The molecule has 2 heterocycles. The molecule has 3 aromatic carbocycles. The SMILES string of the molecule is CCCCN(CCCC)C(C)c1ccc2[nH]c3cc4c(=O)c5ccccc5[nH]c4cc3c(=O)c2c1. The van der Waals surface area contributed by atoms with Gasteiger partial charge in [-0.1, -0.05) is 44.9 Å². The second kappa shape index (κ2) is 9.67. The zero-order chi connectivity index (χ0) is 24.5. The van der Waals surface area contributed by atoms with Crippen molar-refractivity contribution in [1.29, 1.82) is 0 Å². The molecule has 0 spiro atoms. The van der Waals surface area contributed by atoms with Crippen molar-refractivity contribution in [2.75, 3.05) is 13.1 Å². The predicted molar refractivity (Wildman–Crippen MR) is 148 cm³/mol. The molecule has 0 fully saturated rings. The zero-order valence-electron chi connectivity index (χ0n) is 20.8. The fourth-order valence-electron chi connectivity index (χ4n) is 5.10. The Balaban J connectivity index is 1.64. The highest BCUT2D eigenvalue weighted by atomic mass is 16.1. The number of rotatable bonds is 8. The number of aromatic nitrogens is 2. The molecular formula is C30H33N3O2. The molecule has 1 atom stereocenters. The predicted octanol–water partition coefficient (Wildman–Crippen LogP) is 6.64. The van der Waals surface area contributed by atoms with Crippen LogP contribution in [-0.2, 0) is 0 Å². The number of benzene rings is 3. The number of hydrogen-bond acceptors (Lipinski definition) is 3. The van der Waals surface area contributed by atoms with Gasteiger partial charge in [-0.2, -0.15) is 0 Å². The van der Waals surface area contributed by atoms with E-state index in [1.807, 2.05) is 42.5 Å². The summed E-state index contributed by atoms with van der Waals surface area (Å²) in [5, 5.41) is 2.51. The lowest BCUT2D eigenvalue weighted by Gasteiger charge is -2.29. The Morgan fingerprint density at radius 3 is 1.86 bits per heavy atom. The molecule has 0 saturated carbocycles. The van der Waals surface area contributed by atoms with Crippen LogP contribution in [-0.4, -0.2) is 28.0 Å². The van der Waals surface area contributed by atoms with Gasteiger partial charge < -0.3 is 9.97 Å². The lowest BCUT2D eigenvalue weighted by molar-refractivity contribution is 0.204. The van der Waals surface area contributed by atoms with Crippen molar-refractivity contribution < 1.29 is 0 Å². The van der Waals surface area contributed by atoms with Gasteiger partial charge in [0.05, 0.1) is 11.0 Å². The van der Waals surface area contributed by atoms with Crippen LogP contribution >= 0.6 is 0 Å². The van der Waals surface area contributed by atoms with Gasteiger partial charge in [-0.25, -0.2) is 0 Å². The highest BCUT2D eigenvalue weighted by Crippen LogP contribution is 2.26. The number of aromatic amines is 2. The van der Waals surface area contributed by atoms with E-state index in [9.17, 15) is 9.59 Å². The van der Waals surface area contributed by atoms with Crippen molar-refractivity contribution in [1.82, 2.24) is 14.9 Å². The first-order valence-corrected chi connectivity index (χ1v) is 12.8. The van der Waals surface area contributed by atoms with Gasteiger partial charge in [-0.05, 0) is 74.8 Å². The molecule has 1 unspecified atom stereocenters. The average molecular weight is 468 g/mol. The van der Waals surface area contributed by atoms with Crippen molar-refractivity contribution in [2.24, 2.45) is 0 Å². The second-order valence-electron chi connectivity index (χ2n) is 9.62. The third-order valence-electron chi connectivity index (χ3n) is 7.27. The number of pyridine rings is 2. The van der Waals surface area contributed by atoms with Gasteiger partial charge in [0.25, 0.3) is 0 Å². The molecule has 35 heavy (non-hydrogen) atoms. The molecule has 5 aromatic rings. The molecule has 180 valence electrons. The molecule has 0 amide bonds. The normalized spacial score (nSPS) is 12.9. The minimum atomic E-state index is -0.0272. The van der Waals surface area contributed by atoms with Crippen LogP contribution < -0.4 is 10.9 Å². The summed E-state index contributed by atoms with van der Waals surface area (Å²) in [7, 11) is 0. The number of para-hydroxylation sites is 1. The van der Waals surface area contributed by atoms with Gasteiger partial charge in [0.2, 0.25) is 0 Å². The summed E-state index contributed by atoms with van der Waals surface area (Å²) in [5.41, 5.74) is 4.06. The molecule has 0 saturated heterocycles. The van der Waals surface area contributed by atoms with Crippen LogP contribution in [0.2, 0.25) is 0 Å². The largest absolute Gasteiger partial charge is 0.354 e. The van der Waals surface area contributed by atoms with Crippen LogP contribution in [0.15, 0.2) is 64.2 Å². The molecule has 5 rings (SSSR count). The van der Waals surface area contributed by atoms with Gasteiger partial charge >= 0.3 is 0 Å². The van der Waals surface area contributed by atoms with Crippen LogP contribution in [0.25, 0.3) is 43.6 Å². The summed E-state index contributed by atoms with van der Waals surface area (Å²) in [6.45, 7) is 8.82. The number of nitrogens with zero attached hydrogens (tertiary/aromatic N) is 1. The molecular weight excluding hydrogens is 434 g/mol. The van der Waals surface area contributed by atoms with Gasteiger partial charge in [0, 0.05) is 38.6 Å². The van der Waals surface area contributed by atoms with E-state index in [-0.39, 0.29) is 16.9 Å². The first kappa shape index (κ1) is 23.3. The minimum Gasteiger partial charge on any atom is -0.354 e. The smallest absolute Gasteiger partial charge is 0.197 e. The second-order valence-corrected chi connectivity index (χ2v) is 9.62. The van der Waals surface area contributed by atoms with E-state index in [0.29, 0.717) is 32.6 Å². The number of fused-ring (bicyclic) bond motifs is 4. The van der Waals surface area contributed by atoms with Crippen LogP contribution in [0.4, 0.5) is 0 Å². The summed E-state index contributed by atoms with van der Waals surface area (Å²) in [5.74, 6) is 0. The Kier molecular flexibility index (Phi) is 6.44. The van der Waals surface area contributed by atoms with E-state index in [2.05, 4.69) is 47.8 Å². The van der Waals surface area contributed by atoms with Crippen molar-refractivity contribution in [3.05, 3.63) is 80.6 Å². The maximum atomic E-state index is 13.6. The summed E-state index contributed by atoms with van der Waals surface area (Å²) in [4.78, 5) is 36.0. The molecule has 0 aliphatic heterocycles. The van der Waals surface area contributed by atoms with E-state index < -0.39 is 0 Å². The third kappa shape index (κ3) is 4.25.